The molecule has 0 aromatic heterocycles. The highest BCUT2D eigenvalue weighted by Gasteiger charge is 2.30. The Kier molecular flexibility index (Phi) is 35.3. The molecule has 1 N–H and O–H groups in total. The summed E-state index contributed by atoms with van der Waals surface area (Å²) in [5.41, 5.74) is 0. The van der Waals surface area contributed by atoms with Gasteiger partial charge in [-0.25, -0.2) is 0 Å². The van der Waals surface area contributed by atoms with Crippen molar-refractivity contribution in [2.75, 3.05) is 32.9 Å². The highest BCUT2D eigenvalue weighted by molar-refractivity contribution is 5.72. The minimum Gasteiger partial charge on any atom is -0.465 e. The molecular formula is C48H93NO5. The quantitative estimate of drug-likeness (QED) is 0.0496. The molecule has 0 amide bonds. The Morgan fingerprint density at radius 3 is 1.46 bits per heavy atom. The zero-order valence-corrected chi connectivity index (χ0v) is 36.7. The van der Waals surface area contributed by atoms with Gasteiger partial charge in [0.05, 0.1) is 25.0 Å². The van der Waals surface area contributed by atoms with Crippen molar-refractivity contribution < 1.29 is 24.2 Å². The third-order valence-corrected chi connectivity index (χ3v) is 12.3. The van der Waals surface area contributed by atoms with E-state index in [1.165, 1.54) is 116 Å². The van der Waals surface area contributed by atoms with Crippen LogP contribution in [-0.4, -0.2) is 60.9 Å². The van der Waals surface area contributed by atoms with E-state index in [9.17, 15) is 14.7 Å². The van der Waals surface area contributed by atoms with Gasteiger partial charge in [0.25, 0.3) is 0 Å². The van der Waals surface area contributed by atoms with E-state index in [1.54, 1.807) is 0 Å². The van der Waals surface area contributed by atoms with E-state index >= 15 is 0 Å². The van der Waals surface area contributed by atoms with Gasteiger partial charge in [0, 0.05) is 12.6 Å². The molecule has 6 heteroatoms. The Morgan fingerprint density at radius 2 is 0.981 bits per heavy atom. The fraction of sp³-hybridized carbons (Fsp3) is 0.958. The summed E-state index contributed by atoms with van der Waals surface area (Å²) in [5, 5.41) is 9.45. The minimum absolute atomic E-state index is 0.0472. The summed E-state index contributed by atoms with van der Waals surface area (Å²) in [7, 11) is 0. The lowest BCUT2D eigenvalue weighted by Gasteiger charge is -2.42. The molecule has 4 unspecified atom stereocenters. The van der Waals surface area contributed by atoms with Crippen molar-refractivity contribution in [3.63, 3.8) is 0 Å². The number of hydrogen-bond donors (Lipinski definition) is 1. The predicted octanol–water partition coefficient (Wildman–Crippen LogP) is 13.6. The molecule has 0 aromatic carbocycles. The largest absolute Gasteiger partial charge is 0.465 e. The molecule has 0 aliphatic carbocycles. The van der Waals surface area contributed by atoms with E-state index in [0.717, 1.165) is 109 Å². The molecule has 0 saturated carbocycles. The van der Waals surface area contributed by atoms with Crippen molar-refractivity contribution in [2.24, 2.45) is 17.8 Å². The van der Waals surface area contributed by atoms with Crippen LogP contribution in [0.5, 0.6) is 0 Å². The molecular weight excluding hydrogens is 671 g/mol. The Balaban J connectivity index is 2.63. The number of hydrogen-bond acceptors (Lipinski definition) is 6. The maximum Gasteiger partial charge on any atom is 0.308 e. The first-order chi connectivity index (χ1) is 26.5. The van der Waals surface area contributed by atoms with Gasteiger partial charge in [0.2, 0.25) is 0 Å². The SMILES string of the molecule is CCCCCCCCC(CCCCCC)C(=O)OCCCCC1C(CCCOC(=O)C(CCCCCC)CCCCCCCC)CCCN1CCCCO. The van der Waals surface area contributed by atoms with Gasteiger partial charge in [0.15, 0.2) is 0 Å². The summed E-state index contributed by atoms with van der Waals surface area (Å²) < 4.78 is 12.0. The van der Waals surface area contributed by atoms with Crippen LogP contribution in [0.4, 0.5) is 0 Å². The summed E-state index contributed by atoms with van der Waals surface area (Å²) in [6, 6.07) is 0.516. The highest BCUT2D eigenvalue weighted by Crippen LogP contribution is 2.31. The van der Waals surface area contributed by atoms with E-state index in [4.69, 9.17) is 9.47 Å². The van der Waals surface area contributed by atoms with Crippen LogP contribution in [-0.2, 0) is 19.1 Å². The first kappa shape index (κ1) is 50.9. The topological polar surface area (TPSA) is 76.1 Å². The number of aliphatic hydroxyl groups is 1. The number of carbonyl (C=O) groups is 2. The number of unbranched alkanes of at least 4 members (excludes halogenated alkanes) is 18. The number of carbonyl (C=O) groups excluding carboxylic acids is 2. The van der Waals surface area contributed by atoms with Crippen LogP contribution >= 0.6 is 0 Å². The van der Waals surface area contributed by atoms with Gasteiger partial charge < -0.3 is 19.5 Å². The number of piperidine rings is 1. The fourth-order valence-corrected chi connectivity index (χ4v) is 8.79. The van der Waals surface area contributed by atoms with Crippen LogP contribution in [0.3, 0.4) is 0 Å². The molecule has 1 aliphatic heterocycles. The minimum atomic E-state index is 0.0472. The molecule has 0 bridgehead atoms. The Hall–Kier alpha value is -1.14. The number of rotatable bonds is 39. The Bertz CT molecular complexity index is 836. The third-order valence-electron chi connectivity index (χ3n) is 12.3. The highest BCUT2D eigenvalue weighted by atomic mass is 16.5. The van der Waals surface area contributed by atoms with Gasteiger partial charge in [-0.15, -0.1) is 0 Å². The lowest BCUT2D eigenvalue weighted by molar-refractivity contribution is -0.150. The van der Waals surface area contributed by atoms with Crippen LogP contribution in [0.15, 0.2) is 0 Å². The van der Waals surface area contributed by atoms with Gasteiger partial charge in [-0.2, -0.15) is 0 Å². The molecule has 1 fully saturated rings. The van der Waals surface area contributed by atoms with Gasteiger partial charge in [-0.3, -0.25) is 9.59 Å². The van der Waals surface area contributed by atoms with Crippen LogP contribution in [0, 0.1) is 17.8 Å². The third kappa shape index (κ3) is 26.7. The van der Waals surface area contributed by atoms with Crippen LogP contribution in [0.1, 0.15) is 240 Å². The second kappa shape index (κ2) is 37.4. The molecule has 6 nitrogen and oxygen atoms in total. The molecule has 1 rings (SSSR count). The number of ether oxygens (including phenoxy) is 2. The molecule has 0 radical (unpaired) electrons. The van der Waals surface area contributed by atoms with Crippen molar-refractivity contribution >= 4 is 11.9 Å². The second-order valence-corrected chi connectivity index (χ2v) is 17.1. The molecule has 1 heterocycles. The van der Waals surface area contributed by atoms with Gasteiger partial charge in [0.1, 0.15) is 0 Å². The number of likely N-dealkylation sites (tertiary alicyclic amines) is 1. The summed E-state index contributed by atoms with van der Waals surface area (Å²) in [5.74, 6) is 0.839. The van der Waals surface area contributed by atoms with Crippen molar-refractivity contribution in [3.8, 4) is 0 Å². The van der Waals surface area contributed by atoms with Gasteiger partial charge in [-0.1, -0.05) is 156 Å². The molecule has 0 spiro atoms. The van der Waals surface area contributed by atoms with Gasteiger partial charge in [-0.05, 0) is 102 Å². The summed E-state index contributed by atoms with van der Waals surface area (Å²) in [6.07, 6.45) is 38.2. The standard InChI is InChI=1S/C48H93NO5/c1-5-9-13-17-19-23-33-44(31-21-15-11-7-3)47(51)53-41-28-25-37-46-43(35-29-39-49(46)38-26-27-40-50)36-30-42-54-48(52)45(32-22-16-12-8-4)34-24-20-18-14-10-6-2/h43-46,50H,5-42H2,1-4H3. The summed E-state index contributed by atoms with van der Waals surface area (Å²) >= 11 is 0. The lowest BCUT2D eigenvalue weighted by atomic mass is 9.83. The number of esters is 2. The average Bonchev–Trinajstić information content (AvgIpc) is 3.18. The first-order valence-corrected chi connectivity index (χ1v) is 24.2. The maximum absolute atomic E-state index is 13.3. The normalized spacial score (nSPS) is 17.4. The molecule has 54 heavy (non-hydrogen) atoms. The van der Waals surface area contributed by atoms with Crippen LogP contribution in [0.25, 0.3) is 0 Å². The zero-order valence-electron chi connectivity index (χ0n) is 36.7. The maximum atomic E-state index is 13.3. The van der Waals surface area contributed by atoms with E-state index in [0.29, 0.717) is 25.2 Å². The van der Waals surface area contributed by atoms with E-state index in [2.05, 4.69) is 32.6 Å². The zero-order chi connectivity index (χ0) is 39.3. The summed E-state index contributed by atoms with van der Waals surface area (Å²) in [4.78, 5) is 29.2. The van der Waals surface area contributed by atoms with E-state index < -0.39 is 0 Å². The first-order valence-electron chi connectivity index (χ1n) is 24.2. The smallest absolute Gasteiger partial charge is 0.308 e. The second-order valence-electron chi connectivity index (χ2n) is 17.1. The van der Waals surface area contributed by atoms with Crippen molar-refractivity contribution in [2.45, 2.75) is 246 Å². The molecule has 4 atom stereocenters. The molecule has 1 aliphatic rings. The molecule has 0 aromatic rings. The average molecular weight is 764 g/mol. The number of nitrogens with zero attached hydrogens (tertiary/aromatic N) is 1. The monoisotopic (exact) mass is 764 g/mol. The van der Waals surface area contributed by atoms with Gasteiger partial charge >= 0.3 is 11.9 Å². The van der Waals surface area contributed by atoms with Crippen molar-refractivity contribution in [1.82, 2.24) is 4.90 Å². The van der Waals surface area contributed by atoms with E-state index in [1.807, 2.05) is 0 Å². The predicted molar refractivity (Wildman–Crippen MR) is 230 cm³/mol. The van der Waals surface area contributed by atoms with Crippen molar-refractivity contribution in [1.29, 1.82) is 0 Å². The van der Waals surface area contributed by atoms with Crippen molar-refractivity contribution in [3.05, 3.63) is 0 Å². The fourth-order valence-electron chi connectivity index (χ4n) is 8.79. The Morgan fingerprint density at radius 1 is 0.537 bits per heavy atom. The Labute approximate surface area is 336 Å². The van der Waals surface area contributed by atoms with Crippen LogP contribution < -0.4 is 0 Å². The molecule has 1 saturated heterocycles. The van der Waals surface area contributed by atoms with E-state index in [-0.39, 0.29) is 30.4 Å². The number of aliphatic hydroxyl groups excluding tert-OH is 1. The van der Waals surface area contributed by atoms with Crippen LogP contribution in [0.2, 0.25) is 0 Å². The lowest BCUT2D eigenvalue weighted by Crippen LogP contribution is -2.45. The summed E-state index contributed by atoms with van der Waals surface area (Å²) in [6.45, 7) is 12.5. The molecule has 320 valence electrons.